The Kier molecular flexibility index (Phi) is 6.39. The van der Waals surface area contributed by atoms with Gasteiger partial charge in [0.2, 0.25) is 0 Å². The number of aromatic nitrogens is 3. The number of nitrogens with one attached hydrogen (secondary N) is 2. The second-order valence-electron chi connectivity index (χ2n) is 7.02. The molecule has 0 bridgehead atoms. The molecule has 0 aliphatic rings. The molecule has 7 heteroatoms. The van der Waals surface area contributed by atoms with Crippen LogP contribution in [0.25, 0.3) is 11.4 Å². The average Bonchev–Trinajstić information content (AvgIpc) is 2.71. The number of anilines is 1. The van der Waals surface area contributed by atoms with Gasteiger partial charge in [-0.3, -0.25) is 9.59 Å². The molecule has 1 unspecified atom stereocenters. The normalized spacial score (nSPS) is 11.8. The van der Waals surface area contributed by atoms with E-state index in [1.54, 1.807) is 20.0 Å². The maximum Gasteiger partial charge on any atom is 0.303 e. The van der Waals surface area contributed by atoms with E-state index in [1.165, 1.54) is 0 Å². The number of rotatable bonds is 8. The van der Waals surface area contributed by atoms with E-state index in [9.17, 15) is 9.59 Å². The molecular formula is C22H24N4O3. The molecule has 0 fully saturated rings. The van der Waals surface area contributed by atoms with Crippen molar-refractivity contribution in [3.05, 3.63) is 75.8 Å². The molecule has 2 heterocycles. The zero-order chi connectivity index (χ0) is 20.8. The first-order valence-electron chi connectivity index (χ1n) is 9.48. The molecular weight excluding hydrogens is 368 g/mol. The fraction of sp³-hybridized carbons (Fsp3) is 0.273. The molecule has 3 N–H and O–H groups in total. The van der Waals surface area contributed by atoms with E-state index < -0.39 is 5.97 Å². The first kappa shape index (κ1) is 20.3. The number of nitrogens with zero attached hydrogens (tertiary/aromatic N) is 2. The van der Waals surface area contributed by atoms with Gasteiger partial charge in [-0.25, -0.2) is 9.97 Å². The van der Waals surface area contributed by atoms with E-state index in [0.717, 1.165) is 5.56 Å². The highest BCUT2D eigenvalue weighted by Gasteiger charge is 2.13. The fourth-order valence-corrected chi connectivity index (χ4v) is 3.03. The van der Waals surface area contributed by atoms with Crippen LogP contribution in [0.3, 0.4) is 0 Å². The standard InChI is InChI=1S/C22H24N4O3/c1-14-15(2)24-21(26-22(14)29)17-8-10-19(23-13-17)25-18(9-11-20(27)28)12-16-6-4-3-5-7-16/h3-8,10,13,18H,9,11-12H2,1-2H3,(H,23,25)(H,27,28)(H,24,26,29). The summed E-state index contributed by atoms with van der Waals surface area (Å²) in [7, 11) is 0. The number of benzene rings is 1. The number of carboxylic acid groups (broad SMARTS) is 1. The summed E-state index contributed by atoms with van der Waals surface area (Å²) in [5.41, 5.74) is 2.96. The van der Waals surface area contributed by atoms with Crippen molar-refractivity contribution in [2.75, 3.05) is 5.32 Å². The molecule has 150 valence electrons. The first-order chi connectivity index (χ1) is 13.9. The van der Waals surface area contributed by atoms with Crippen molar-refractivity contribution in [3.63, 3.8) is 0 Å². The number of carbonyl (C=O) groups is 1. The number of hydrogen-bond donors (Lipinski definition) is 3. The highest BCUT2D eigenvalue weighted by atomic mass is 16.4. The third-order valence-corrected chi connectivity index (χ3v) is 4.82. The van der Waals surface area contributed by atoms with E-state index in [-0.39, 0.29) is 18.0 Å². The van der Waals surface area contributed by atoms with Crippen molar-refractivity contribution < 1.29 is 9.90 Å². The van der Waals surface area contributed by atoms with Crippen LogP contribution in [0.4, 0.5) is 5.82 Å². The number of aromatic amines is 1. The van der Waals surface area contributed by atoms with E-state index in [4.69, 9.17) is 5.11 Å². The summed E-state index contributed by atoms with van der Waals surface area (Å²) in [4.78, 5) is 34.6. The Labute approximate surface area is 168 Å². The zero-order valence-corrected chi connectivity index (χ0v) is 16.5. The first-order valence-corrected chi connectivity index (χ1v) is 9.48. The van der Waals surface area contributed by atoms with Gasteiger partial charge in [0.1, 0.15) is 11.6 Å². The minimum absolute atomic E-state index is 0.0635. The predicted octanol–water partition coefficient (Wildman–Crippen LogP) is 3.34. The van der Waals surface area contributed by atoms with Crippen molar-refractivity contribution >= 4 is 11.8 Å². The molecule has 0 saturated carbocycles. The molecule has 3 aromatic rings. The van der Waals surface area contributed by atoms with Gasteiger partial charge in [-0.2, -0.15) is 0 Å². The number of aryl methyl sites for hydroxylation is 1. The lowest BCUT2D eigenvalue weighted by atomic mass is 10.0. The second kappa shape index (κ2) is 9.14. The van der Waals surface area contributed by atoms with Crippen LogP contribution in [-0.4, -0.2) is 32.1 Å². The fourth-order valence-electron chi connectivity index (χ4n) is 3.03. The molecule has 0 amide bonds. The Hall–Kier alpha value is -3.48. The molecule has 7 nitrogen and oxygen atoms in total. The summed E-state index contributed by atoms with van der Waals surface area (Å²) < 4.78 is 0. The number of carboxylic acids is 1. The summed E-state index contributed by atoms with van der Waals surface area (Å²) in [6, 6.07) is 13.5. The maximum atomic E-state index is 12.0. The highest BCUT2D eigenvalue weighted by molar-refractivity contribution is 5.66. The lowest BCUT2D eigenvalue weighted by molar-refractivity contribution is -0.137. The van der Waals surface area contributed by atoms with Crippen molar-refractivity contribution in [3.8, 4) is 11.4 Å². The van der Waals surface area contributed by atoms with E-state index >= 15 is 0 Å². The Morgan fingerprint density at radius 1 is 1.17 bits per heavy atom. The topological polar surface area (TPSA) is 108 Å². The zero-order valence-electron chi connectivity index (χ0n) is 16.5. The van der Waals surface area contributed by atoms with Crippen molar-refractivity contribution in [2.24, 2.45) is 0 Å². The summed E-state index contributed by atoms with van der Waals surface area (Å²) in [5.74, 6) is 0.299. The van der Waals surface area contributed by atoms with Crippen LogP contribution in [0.2, 0.25) is 0 Å². The third kappa shape index (κ3) is 5.51. The van der Waals surface area contributed by atoms with Gasteiger partial charge in [0.15, 0.2) is 0 Å². The van der Waals surface area contributed by atoms with Crippen LogP contribution < -0.4 is 10.9 Å². The van der Waals surface area contributed by atoms with Gasteiger partial charge in [-0.15, -0.1) is 0 Å². The lowest BCUT2D eigenvalue weighted by Gasteiger charge is -2.19. The maximum absolute atomic E-state index is 12.0. The summed E-state index contributed by atoms with van der Waals surface area (Å²) >= 11 is 0. The Morgan fingerprint density at radius 2 is 1.93 bits per heavy atom. The summed E-state index contributed by atoms with van der Waals surface area (Å²) in [5, 5.41) is 12.4. The van der Waals surface area contributed by atoms with Crippen molar-refractivity contribution in [1.82, 2.24) is 15.0 Å². The van der Waals surface area contributed by atoms with Crippen LogP contribution in [0.1, 0.15) is 29.7 Å². The Morgan fingerprint density at radius 3 is 2.55 bits per heavy atom. The summed E-state index contributed by atoms with van der Waals surface area (Å²) in [6.45, 7) is 3.54. The number of hydrogen-bond acceptors (Lipinski definition) is 5. The number of pyridine rings is 1. The van der Waals surface area contributed by atoms with Crippen molar-refractivity contribution in [2.45, 2.75) is 39.2 Å². The van der Waals surface area contributed by atoms with Gasteiger partial charge >= 0.3 is 5.97 Å². The van der Waals surface area contributed by atoms with Crippen LogP contribution >= 0.6 is 0 Å². The summed E-state index contributed by atoms with van der Waals surface area (Å²) in [6.07, 6.45) is 2.91. The molecule has 0 radical (unpaired) electrons. The lowest BCUT2D eigenvalue weighted by Crippen LogP contribution is -2.24. The average molecular weight is 392 g/mol. The SMILES string of the molecule is Cc1nc(-c2ccc(NC(CCC(=O)O)Cc3ccccc3)nc2)[nH]c(=O)c1C. The molecule has 0 aliphatic heterocycles. The molecule has 29 heavy (non-hydrogen) atoms. The Balaban J connectivity index is 1.76. The van der Waals surface area contributed by atoms with Gasteiger partial charge in [0, 0.05) is 35.5 Å². The quantitative estimate of drug-likeness (QED) is 0.543. The molecule has 0 spiro atoms. The molecule has 3 rings (SSSR count). The van der Waals surface area contributed by atoms with Gasteiger partial charge in [0.25, 0.3) is 5.56 Å². The minimum atomic E-state index is -0.821. The highest BCUT2D eigenvalue weighted by Crippen LogP contribution is 2.18. The van der Waals surface area contributed by atoms with E-state index in [2.05, 4.69) is 20.3 Å². The second-order valence-corrected chi connectivity index (χ2v) is 7.02. The molecule has 2 aromatic heterocycles. The van der Waals surface area contributed by atoms with Crippen molar-refractivity contribution in [1.29, 1.82) is 0 Å². The van der Waals surface area contributed by atoms with Crippen LogP contribution in [0.15, 0.2) is 53.5 Å². The molecule has 0 saturated heterocycles. The Bertz CT molecular complexity index is 1030. The largest absolute Gasteiger partial charge is 0.481 e. The minimum Gasteiger partial charge on any atom is -0.481 e. The van der Waals surface area contributed by atoms with E-state index in [0.29, 0.717) is 41.3 Å². The van der Waals surface area contributed by atoms with E-state index in [1.807, 2.05) is 42.5 Å². The number of H-pyrrole nitrogens is 1. The molecule has 1 aromatic carbocycles. The predicted molar refractivity (Wildman–Crippen MR) is 112 cm³/mol. The van der Waals surface area contributed by atoms with Gasteiger partial charge in [0.05, 0.1) is 0 Å². The number of aliphatic carboxylic acids is 1. The molecule has 1 atom stereocenters. The third-order valence-electron chi connectivity index (χ3n) is 4.82. The van der Waals surface area contributed by atoms with Gasteiger partial charge < -0.3 is 15.4 Å². The molecule has 0 aliphatic carbocycles. The monoisotopic (exact) mass is 392 g/mol. The van der Waals surface area contributed by atoms with Crippen LogP contribution in [0.5, 0.6) is 0 Å². The van der Waals surface area contributed by atoms with Gasteiger partial charge in [-0.1, -0.05) is 30.3 Å². The van der Waals surface area contributed by atoms with Crippen LogP contribution in [0, 0.1) is 13.8 Å². The smallest absolute Gasteiger partial charge is 0.303 e. The van der Waals surface area contributed by atoms with Gasteiger partial charge in [-0.05, 0) is 44.4 Å². The van der Waals surface area contributed by atoms with Crippen LogP contribution in [-0.2, 0) is 11.2 Å².